The maximum absolute atomic E-state index is 12.1. The summed E-state index contributed by atoms with van der Waals surface area (Å²) >= 11 is 0. The largest absolute Gasteiger partial charge is 0.490 e. The molecule has 29 heavy (non-hydrogen) atoms. The molecule has 1 aliphatic rings. The molecule has 0 aliphatic carbocycles. The second kappa shape index (κ2) is 10.6. The molecule has 158 valence electrons. The van der Waals surface area contributed by atoms with Crippen LogP contribution in [0.1, 0.15) is 29.8 Å². The molecule has 0 spiro atoms. The summed E-state index contributed by atoms with van der Waals surface area (Å²) in [5.74, 6) is -2.32. The summed E-state index contributed by atoms with van der Waals surface area (Å²) in [6.07, 6.45) is -1.24. The number of carboxylic acids is 1. The maximum atomic E-state index is 12.1. The van der Waals surface area contributed by atoms with Crippen LogP contribution in [0.3, 0.4) is 0 Å². The van der Waals surface area contributed by atoms with E-state index in [0.717, 1.165) is 25.2 Å². The van der Waals surface area contributed by atoms with Gasteiger partial charge in [0.15, 0.2) is 11.5 Å². The van der Waals surface area contributed by atoms with Crippen molar-refractivity contribution in [1.82, 2.24) is 15.4 Å². The van der Waals surface area contributed by atoms with E-state index in [-0.39, 0.29) is 5.91 Å². The third-order valence-electron chi connectivity index (χ3n) is 4.21. The minimum atomic E-state index is -5.08. The van der Waals surface area contributed by atoms with Gasteiger partial charge >= 0.3 is 12.1 Å². The van der Waals surface area contributed by atoms with Crippen LogP contribution in [-0.4, -0.2) is 59.4 Å². The second-order valence-electron chi connectivity index (χ2n) is 6.40. The first-order valence-corrected chi connectivity index (χ1v) is 9.10. The quantitative estimate of drug-likeness (QED) is 0.782. The van der Waals surface area contributed by atoms with E-state index in [0.29, 0.717) is 18.0 Å². The van der Waals surface area contributed by atoms with E-state index in [9.17, 15) is 18.0 Å². The molecule has 0 unspecified atom stereocenters. The van der Waals surface area contributed by atoms with Gasteiger partial charge in [-0.05, 0) is 25.9 Å². The standard InChI is InChI=1S/C17H21N3O2.C2HF3O2/c21-17(18-9-12-20-10-5-2-6-11-20)15-13-16(22-19-15)14-7-3-1-4-8-14;3-2(4,5)1(6)7/h1,3-4,7-8,13H,2,5-6,9-12H2,(H,18,21);(H,6,7). The summed E-state index contributed by atoms with van der Waals surface area (Å²) in [6.45, 7) is 3.82. The first-order valence-electron chi connectivity index (χ1n) is 9.10. The van der Waals surface area contributed by atoms with Crippen LogP contribution in [0, 0.1) is 0 Å². The molecule has 1 amide bonds. The van der Waals surface area contributed by atoms with Crippen LogP contribution in [-0.2, 0) is 4.79 Å². The van der Waals surface area contributed by atoms with Crippen LogP contribution in [0.5, 0.6) is 0 Å². The van der Waals surface area contributed by atoms with Crippen molar-refractivity contribution in [3.8, 4) is 11.3 Å². The summed E-state index contributed by atoms with van der Waals surface area (Å²) in [5.41, 5.74) is 1.25. The molecular weight excluding hydrogens is 391 g/mol. The first-order chi connectivity index (χ1) is 13.8. The normalized spacial score (nSPS) is 14.6. The molecule has 1 saturated heterocycles. The Bertz CT molecular complexity index is 787. The predicted octanol–water partition coefficient (Wildman–Crippen LogP) is 3.19. The number of rotatable bonds is 5. The SMILES string of the molecule is O=C(NCCN1CCCCC1)c1cc(-c2ccccc2)on1.O=C(O)C(F)(F)F. The van der Waals surface area contributed by atoms with Gasteiger partial charge in [0.05, 0.1) is 0 Å². The van der Waals surface area contributed by atoms with Crippen molar-refractivity contribution >= 4 is 11.9 Å². The number of halogens is 3. The number of aliphatic carboxylic acids is 1. The number of aromatic nitrogens is 1. The van der Waals surface area contributed by atoms with Gasteiger partial charge in [-0.2, -0.15) is 13.2 Å². The molecule has 0 atom stereocenters. The summed E-state index contributed by atoms with van der Waals surface area (Å²) in [4.78, 5) is 23.4. The number of carbonyl (C=O) groups excluding carboxylic acids is 1. The van der Waals surface area contributed by atoms with Crippen molar-refractivity contribution in [3.63, 3.8) is 0 Å². The Morgan fingerprint density at radius 3 is 2.34 bits per heavy atom. The Kier molecular flexibility index (Phi) is 8.20. The number of carboxylic acid groups (broad SMARTS) is 1. The zero-order valence-electron chi connectivity index (χ0n) is 15.6. The topological polar surface area (TPSA) is 95.7 Å². The number of hydrogen-bond donors (Lipinski definition) is 2. The number of piperidine rings is 1. The Morgan fingerprint density at radius 1 is 1.14 bits per heavy atom. The molecule has 10 heteroatoms. The van der Waals surface area contributed by atoms with E-state index in [1.807, 2.05) is 30.3 Å². The lowest BCUT2D eigenvalue weighted by molar-refractivity contribution is -0.192. The number of likely N-dealkylation sites (tertiary alicyclic amines) is 1. The molecule has 2 aromatic rings. The van der Waals surface area contributed by atoms with Gasteiger partial charge in [-0.1, -0.05) is 41.9 Å². The number of nitrogens with zero attached hydrogens (tertiary/aromatic N) is 2. The molecule has 3 rings (SSSR count). The van der Waals surface area contributed by atoms with Gasteiger partial charge in [0.1, 0.15) is 0 Å². The molecule has 7 nitrogen and oxygen atoms in total. The zero-order valence-corrected chi connectivity index (χ0v) is 15.6. The third-order valence-corrected chi connectivity index (χ3v) is 4.21. The number of nitrogens with one attached hydrogen (secondary N) is 1. The lowest BCUT2D eigenvalue weighted by Gasteiger charge is -2.26. The molecule has 1 aromatic heterocycles. The van der Waals surface area contributed by atoms with Crippen molar-refractivity contribution in [2.75, 3.05) is 26.2 Å². The van der Waals surface area contributed by atoms with Crippen LogP contribution in [0.4, 0.5) is 13.2 Å². The van der Waals surface area contributed by atoms with Crippen molar-refractivity contribution in [3.05, 3.63) is 42.1 Å². The lowest BCUT2D eigenvalue weighted by atomic mass is 10.1. The van der Waals surface area contributed by atoms with E-state index < -0.39 is 12.1 Å². The smallest absolute Gasteiger partial charge is 0.475 e. The van der Waals surface area contributed by atoms with E-state index in [1.54, 1.807) is 6.07 Å². The predicted molar refractivity (Wildman–Crippen MR) is 98.3 cm³/mol. The van der Waals surface area contributed by atoms with E-state index in [1.165, 1.54) is 19.3 Å². The number of amides is 1. The Hall–Kier alpha value is -2.88. The molecule has 1 aliphatic heterocycles. The van der Waals surface area contributed by atoms with Crippen LogP contribution in [0.15, 0.2) is 40.9 Å². The first kappa shape index (κ1) is 22.4. The van der Waals surface area contributed by atoms with E-state index >= 15 is 0 Å². The van der Waals surface area contributed by atoms with Gasteiger partial charge in [0.2, 0.25) is 0 Å². The minimum absolute atomic E-state index is 0.178. The minimum Gasteiger partial charge on any atom is -0.475 e. The fourth-order valence-corrected chi connectivity index (χ4v) is 2.72. The van der Waals surface area contributed by atoms with E-state index in [2.05, 4.69) is 15.4 Å². The van der Waals surface area contributed by atoms with Gasteiger partial charge in [-0.15, -0.1) is 0 Å². The van der Waals surface area contributed by atoms with Gasteiger partial charge in [0, 0.05) is 24.7 Å². The van der Waals surface area contributed by atoms with Crippen molar-refractivity contribution in [2.24, 2.45) is 0 Å². The Morgan fingerprint density at radius 2 is 1.76 bits per heavy atom. The summed E-state index contributed by atoms with van der Waals surface area (Å²) < 4.78 is 37.0. The molecule has 2 heterocycles. The monoisotopic (exact) mass is 413 g/mol. The Balaban J connectivity index is 0.000000370. The molecule has 1 fully saturated rings. The van der Waals surface area contributed by atoms with Crippen LogP contribution >= 0.6 is 0 Å². The highest BCUT2D eigenvalue weighted by atomic mass is 19.4. The zero-order chi connectivity index (χ0) is 21.3. The van der Waals surface area contributed by atoms with Crippen molar-refractivity contribution < 1.29 is 32.4 Å². The van der Waals surface area contributed by atoms with Crippen LogP contribution < -0.4 is 5.32 Å². The average Bonchev–Trinajstić information content (AvgIpc) is 3.20. The fraction of sp³-hybridized carbons (Fsp3) is 0.421. The fourth-order valence-electron chi connectivity index (χ4n) is 2.72. The summed E-state index contributed by atoms with van der Waals surface area (Å²) in [6, 6.07) is 11.3. The highest BCUT2D eigenvalue weighted by Gasteiger charge is 2.38. The van der Waals surface area contributed by atoms with Gasteiger partial charge in [-0.25, -0.2) is 4.79 Å². The number of alkyl halides is 3. The van der Waals surface area contributed by atoms with E-state index in [4.69, 9.17) is 14.4 Å². The molecule has 1 aromatic carbocycles. The average molecular weight is 413 g/mol. The molecule has 0 bridgehead atoms. The third kappa shape index (κ3) is 7.57. The van der Waals surface area contributed by atoms with Crippen LogP contribution in [0.25, 0.3) is 11.3 Å². The van der Waals surface area contributed by atoms with Crippen LogP contribution in [0.2, 0.25) is 0 Å². The highest BCUT2D eigenvalue weighted by Crippen LogP contribution is 2.19. The van der Waals surface area contributed by atoms with Gasteiger partial charge in [-0.3, -0.25) is 4.79 Å². The van der Waals surface area contributed by atoms with Gasteiger partial charge < -0.3 is 19.8 Å². The number of carbonyl (C=O) groups is 2. The van der Waals surface area contributed by atoms with Crippen molar-refractivity contribution in [1.29, 1.82) is 0 Å². The van der Waals surface area contributed by atoms with Gasteiger partial charge in [0.25, 0.3) is 5.91 Å². The number of benzene rings is 1. The maximum Gasteiger partial charge on any atom is 0.490 e. The van der Waals surface area contributed by atoms with Crippen molar-refractivity contribution in [2.45, 2.75) is 25.4 Å². The molecule has 2 N–H and O–H groups in total. The molecule has 0 saturated carbocycles. The second-order valence-corrected chi connectivity index (χ2v) is 6.40. The Labute approximate surface area is 165 Å². The highest BCUT2D eigenvalue weighted by molar-refractivity contribution is 5.93. The number of hydrogen-bond acceptors (Lipinski definition) is 5. The lowest BCUT2D eigenvalue weighted by Crippen LogP contribution is -2.37. The molecule has 0 radical (unpaired) electrons. The summed E-state index contributed by atoms with van der Waals surface area (Å²) in [7, 11) is 0. The summed E-state index contributed by atoms with van der Waals surface area (Å²) in [5, 5.41) is 13.9. The molecular formula is C19H22F3N3O4.